The van der Waals surface area contributed by atoms with Crippen molar-refractivity contribution in [3.63, 3.8) is 0 Å². The van der Waals surface area contributed by atoms with Gasteiger partial charge in [0.05, 0.1) is 5.69 Å². The zero-order chi connectivity index (χ0) is 7.56. The standard InChI is InChI=1S/C6H6BrN3/c7-6-5(9)4(3-8)1-2-10-6/h1-3,8H,9H2. The van der Waals surface area contributed by atoms with Gasteiger partial charge >= 0.3 is 0 Å². The molecule has 0 radical (unpaired) electrons. The smallest absolute Gasteiger partial charge is 0.129 e. The molecule has 0 aromatic carbocycles. The third-order valence-electron chi connectivity index (χ3n) is 1.13. The highest BCUT2D eigenvalue weighted by Crippen LogP contribution is 2.17. The summed E-state index contributed by atoms with van der Waals surface area (Å²) in [5.74, 6) is 0. The number of anilines is 1. The number of pyridine rings is 1. The average molecular weight is 200 g/mol. The summed E-state index contributed by atoms with van der Waals surface area (Å²) in [4.78, 5) is 3.88. The van der Waals surface area contributed by atoms with Crippen LogP contribution >= 0.6 is 15.9 Å². The van der Waals surface area contributed by atoms with E-state index in [0.717, 1.165) is 0 Å². The van der Waals surface area contributed by atoms with Crippen LogP contribution in [0, 0.1) is 5.41 Å². The predicted molar refractivity (Wildman–Crippen MR) is 44.2 cm³/mol. The monoisotopic (exact) mass is 199 g/mol. The van der Waals surface area contributed by atoms with Crippen molar-refractivity contribution in [2.75, 3.05) is 5.73 Å². The second-order valence-electron chi connectivity index (χ2n) is 1.75. The lowest BCUT2D eigenvalue weighted by Gasteiger charge is -1.98. The van der Waals surface area contributed by atoms with Gasteiger partial charge in [-0.15, -0.1) is 0 Å². The van der Waals surface area contributed by atoms with E-state index in [9.17, 15) is 0 Å². The number of rotatable bonds is 1. The van der Waals surface area contributed by atoms with Crippen molar-refractivity contribution in [1.82, 2.24) is 4.98 Å². The van der Waals surface area contributed by atoms with E-state index >= 15 is 0 Å². The van der Waals surface area contributed by atoms with Crippen molar-refractivity contribution < 1.29 is 0 Å². The van der Waals surface area contributed by atoms with Gasteiger partial charge < -0.3 is 11.1 Å². The molecule has 1 rings (SSSR count). The maximum absolute atomic E-state index is 6.93. The van der Waals surface area contributed by atoms with Gasteiger partial charge in [-0.05, 0) is 22.0 Å². The summed E-state index contributed by atoms with van der Waals surface area (Å²) in [5, 5.41) is 6.93. The molecule has 52 valence electrons. The van der Waals surface area contributed by atoms with Crippen LogP contribution in [-0.4, -0.2) is 11.2 Å². The fraction of sp³-hybridized carbons (Fsp3) is 0. The van der Waals surface area contributed by atoms with Crippen molar-refractivity contribution in [2.45, 2.75) is 0 Å². The molecule has 0 aliphatic rings. The van der Waals surface area contributed by atoms with E-state index in [1.807, 2.05) is 0 Å². The van der Waals surface area contributed by atoms with Crippen LogP contribution in [0.25, 0.3) is 0 Å². The van der Waals surface area contributed by atoms with Gasteiger partial charge in [0.2, 0.25) is 0 Å². The Morgan fingerprint density at radius 2 is 2.40 bits per heavy atom. The second kappa shape index (κ2) is 2.79. The minimum atomic E-state index is 0.512. The van der Waals surface area contributed by atoms with Crippen molar-refractivity contribution in [3.8, 4) is 0 Å². The Kier molecular flexibility index (Phi) is 2.01. The summed E-state index contributed by atoms with van der Waals surface area (Å²) in [6.07, 6.45) is 2.79. The van der Waals surface area contributed by atoms with Crippen LogP contribution in [0.15, 0.2) is 16.9 Å². The van der Waals surface area contributed by atoms with Crippen LogP contribution < -0.4 is 5.73 Å². The lowest BCUT2D eigenvalue weighted by molar-refractivity contribution is 1.27. The molecule has 10 heavy (non-hydrogen) atoms. The summed E-state index contributed by atoms with van der Waals surface area (Å²) >= 11 is 3.15. The molecule has 0 amide bonds. The van der Waals surface area contributed by atoms with Gasteiger partial charge in [-0.25, -0.2) is 4.98 Å². The Labute approximate surface area is 66.9 Å². The van der Waals surface area contributed by atoms with Crippen LogP contribution in [-0.2, 0) is 0 Å². The molecule has 3 N–H and O–H groups in total. The fourth-order valence-electron chi connectivity index (χ4n) is 0.587. The number of halogens is 1. The highest BCUT2D eigenvalue weighted by Gasteiger charge is 1.98. The molecule has 0 saturated carbocycles. The van der Waals surface area contributed by atoms with E-state index < -0.39 is 0 Å². The zero-order valence-electron chi connectivity index (χ0n) is 5.13. The summed E-state index contributed by atoms with van der Waals surface area (Å²) in [6, 6.07) is 1.69. The first-order chi connectivity index (χ1) is 4.75. The van der Waals surface area contributed by atoms with Crippen LogP contribution in [0.1, 0.15) is 5.56 Å². The largest absolute Gasteiger partial charge is 0.396 e. The van der Waals surface area contributed by atoms with Crippen molar-refractivity contribution in [2.24, 2.45) is 0 Å². The first-order valence-corrected chi connectivity index (χ1v) is 3.45. The summed E-state index contributed by atoms with van der Waals surface area (Å²) in [6.45, 7) is 0. The molecule has 0 fully saturated rings. The van der Waals surface area contributed by atoms with Crippen molar-refractivity contribution in [1.29, 1.82) is 5.41 Å². The van der Waals surface area contributed by atoms with Crippen LogP contribution in [0.2, 0.25) is 0 Å². The number of nitrogens with one attached hydrogen (secondary N) is 1. The van der Waals surface area contributed by atoms with E-state index in [1.165, 1.54) is 6.21 Å². The Morgan fingerprint density at radius 3 is 2.90 bits per heavy atom. The molecule has 0 aliphatic carbocycles. The van der Waals surface area contributed by atoms with Gasteiger partial charge in [-0.1, -0.05) is 0 Å². The topological polar surface area (TPSA) is 62.8 Å². The molecule has 0 spiro atoms. The Bertz CT molecular complexity index is 259. The van der Waals surface area contributed by atoms with Crippen LogP contribution in [0.4, 0.5) is 5.69 Å². The minimum absolute atomic E-state index is 0.512. The lowest BCUT2D eigenvalue weighted by atomic mass is 10.2. The normalized spacial score (nSPS) is 9.30. The Hall–Kier alpha value is -0.900. The molecular formula is C6H6BrN3. The first kappa shape index (κ1) is 7.21. The molecule has 1 heterocycles. The van der Waals surface area contributed by atoms with Gasteiger partial charge in [0.1, 0.15) is 4.60 Å². The van der Waals surface area contributed by atoms with E-state index in [0.29, 0.717) is 15.9 Å². The van der Waals surface area contributed by atoms with E-state index in [1.54, 1.807) is 12.3 Å². The average Bonchev–Trinajstić information content (AvgIpc) is 1.95. The van der Waals surface area contributed by atoms with Crippen LogP contribution in [0.5, 0.6) is 0 Å². The van der Waals surface area contributed by atoms with Crippen molar-refractivity contribution in [3.05, 3.63) is 22.4 Å². The molecule has 0 aliphatic heterocycles. The number of hydrogen-bond donors (Lipinski definition) is 2. The third-order valence-corrected chi connectivity index (χ3v) is 1.76. The molecule has 0 bridgehead atoms. The van der Waals surface area contributed by atoms with Gasteiger partial charge in [-0.2, -0.15) is 0 Å². The summed E-state index contributed by atoms with van der Waals surface area (Å²) in [5.41, 5.74) is 6.73. The number of hydrogen-bond acceptors (Lipinski definition) is 3. The van der Waals surface area contributed by atoms with Crippen molar-refractivity contribution >= 4 is 27.8 Å². The molecule has 1 aromatic rings. The Morgan fingerprint density at radius 1 is 1.70 bits per heavy atom. The third kappa shape index (κ3) is 1.16. The number of nitrogen functional groups attached to an aromatic ring is 1. The van der Waals surface area contributed by atoms with Crippen LogP contribution in [0.3, 0.4) is 0 Å². The fourth-order valence-corrected chi connectivity index (χ4v) is 0.934. The van der Waals surface area contributed by atoms with Gasteiger partial charge in [0.15, 0.2) is 0 Å². The number of nitrogens with two attached hydrogens (primary N) is 1. The molecule has 0 saturated heterocycles. The SMILES string of the molecule is N=Cc1ccnc(Br)c1N. The summed E-state index contributed by atoms with van der Waals surface area (Å²) in [7, 11) is 0. The lowest BCUT2D eigenvalue weighted by Crippen LogP contribution is -1.94. The molecule has 0 unspecified atom stereocenters. The molecular weight excluding hydrogens is 194 g/mol. The molecule has 0 atom stereocenters. The molecule has 3 nitrogen and oxygen atoms in total. The zero-order valence-corrected chi connectivity index (χ0v) is 6.72. The molecule has 1 aromatic heterocycles. The maximum Gasteiger partial charge on any atom is 0.129 e. The van der Waals surface area contributed by atoms with Gasteiger partial charge in [0, 0.05) is 18.0 Å². The molecule has 4 heteroatoms. The summed E-state index contributed by atoms with van der Waals surface area (Å²) < 4.78 is 0.591. The minimum Gasteiger partial charge on any atom is -0.396 e. The highest BCUT2D eigenvalue weighted by atomic mass is 79.9. The Balaban J connectivity index is 3.27. The second-order valence-corrected chi connectivity index (χ2v) is 2.50. The van der Waals surface area contributed by atoms with E-state index in [2.05, 4.69) is 20.9 Å². The van der Waals surface area contributed by atoms with Gasteiger partial charge in [0.25, 0.3) is 0 Å². The highest BCUT2D eigenvalue weighted by molar-refractivity contribution is 9.10. The predicted octanol–water partition coefficient (Wildman–Crippen LogP) is 1.42. The quantitative estimate of drug-likeness (QED) is 0.531. The number of nitrogens with zero attached hydrogens (tertiary/aromatic N) is 1. The first-order valence-electron chi connectivity index (χ1n) is 2.66. The van der Waals surface area contributed by atoms with E-state index in [-0.39, 0.29) is 0 Å². The van der Waals surface area contributed by atoms with E-state index in [4.69, 9.17) is 11.1 Å². The maximum atomic E-state index is 6.93. The van der Waals surface area contributed by atoms with Gasteiger partial charge in [-0.3, -0.25) is 0 Å². The number of aromatic nitrogens is 1.